The summed E-state index contributed by atoms with van der Waals surface area (Å²) in [5, 5.41) is 2.87. The Labute approximate surface area is 273 Å². The number of hydrogen-bond donors (Lipinski definition) is 1. The van der Waals surface area contributed by atoms with Gasteiger partial charge in [0.25, 0.3) is 0 Å². The Kier molecular flexibility index (Phi) is 35.0. The predicted molar refractivity (Wildman–Crippen MR) is 185 cm³/mol. The van der Waals surface area contributed by atoms with Crippen LogP contribution < -0.4 is 5.32 Å². The molecule has 0 aromatic rings. The van der Waals surface area contributed by atoms with Crippen LogP contribution in [0, 0.1) is 0 Å². The molecule has 0 saturated carbocycles. The summed E-state index contributed by atoms with van der Waals surface area (Å²) in [7, 11) is 0. The molecule has 0 rings (SSSR count). The number of esters is 1. The summed E-state index contributed by atoms with van der Waals surface area (Å²) in [6.45, 7) is 5.87. The Balaban J connectivity index is 3.28. The van der Waals surface area contributed by atoms with Gasteiger partial charge in [0.15, 0.2) is 0 Å². The van der Waals surface area contributed by atoms with Crippen molar-refractivity contribution in [2.75, 3.05) is 19.8 Å². The van der Waals surface area contributed by atoms with Gasteiger partial charge in [0.1, 0.15) is 6.17 Å². The molecule has 1 unspecified atom stereocenters. The van der Waals surface area contributed by atoms with Crippen molar-refractivity contribution in [3.05, 3.63) is 0 Å². The minimum Gasteiger partial charge on any atom is -0.466 e. The van der Waals surface area contributed by atoms with Crippen LogP contribution in [0.5, 0.6) is 0 Å². The maximum absolute atomic E-state index is 13.9. The summed E-state index contributed by atoms with van der Waals surface area (Å²) < 4.78 is 24.4. The zero-order valence-corrected chi connectivity index (χ0v) is 29.4. The Morgan fingerprint density at radius 1 is 0.500 bits per heavy atom. The molecule has 0 aliphatic rings. The number of unbranched alkanes of at least 4 members (excludes halogenated alkanes) is 24. The van der Waals surface area contributed by atoms with Gasteiger partial charge in [0, 0.05) is 19.4 Å². The quantitative estimate of drug-likeness (QED) is 0.0561. The van der Waals surface area contributed by atoms with Gasteiger partial charge in [-0.15, -0.1) is 0 Å². The molecule has 1 amide bonds. The molecule has 0 bridgehead atoms. The molecular weight excluding hydrogens is 553 g/mol. The van der Waals surface area contributed by atoms with E-state index in [9.17, 15) is 14.0 Å². The monoisotopic (exact) mass is 628 g/mol. The van der Waals surface area contributed by atoms with Gasteiger partial charge < -0.3 is 14.8 Å². The fourth-order valence-corrected chi connectivity index (χ4v) is 5.64. The van der Waals surface area contributed by atoms with E-state index in [1.165, 1.54) is 116 Å². The first-order valence-corrected chi connectivity index (χ1v) is 19.3. The molecule has 0 aromatic carbocycles. The van der Waals surface area contributed by atoms with Crippen LogP contribution in [0.1, 0.15) is 206 Å². The van der Waals surface area contributed by atoms with E-state index in [0.29, 0.717) is 32.4 Å². The molecule has 0 heterocycles. The van der Waals surface area contributed by atoms with E-state index in [1.54, 1.807) is 0 Å². The third-order valence-electron chi connectivity index (χ3n) is 8.62. The molecule has 1 N–H and O–H groups in total. The van der Waals surface area contributed by atoms with Gasteiger partial charge in [0.05, 0.1) is 13.2 Å². The van der Waals surface area contributed by atoms with Crippen LogP contribution in [0.4, 0.5) is 9.18 Å². The van der Waals surface area contributed by atoms with Crippen LogP contribution in [0.2, 0.25) is 0 Å². The lowest BCUT2D eigenvalue weighted by Crippen LogP contribution is -2.25. The van der Waals surface area contributed by atoms with Crippen LogP contribution in [0.15, 0.2) is 0 Å². The maximum Gasteiger partial charge on any atom is 0.407 e. The summed E-state index contributed by atoms with van der Waals surface area (Å²) in [5.41, 5.74) is 0. The third-order valence-corrected chi connectivity index (χ3v) is 8.62. The smallest absolute Gasteiger partial charge is 0.407 e. The van der Waals surface area contributed by atoms with E-state index in [-0.39, 0.29) is 18.7 Å². The van der Waals surface area contributed by atoms with Crippen LogP contribution in [0.25, 0.3) is 0 Å². The molecule has 0 spiro atoms. The number of ether oxygens (including phenoxy) is 2. The highest BCUT2D eigenvalue weighted by Crippen LogP contribution is 2.14. The lowest BCUT2D eigenvalue weighted by atomic mass is 10.0. The average molecular weight is 628 g/mol. The minimum atomic E-state index is -0.849. The maximum atomic E-state index is 13.9. The molecule has 0 saturated heterocycles. The summed E-state index contributed by atoms with van der Waals surface area (Å²) in [5.74, 6) is -0.189. The Hall–Kier alpha value is -1.33. The van der Waals surface area contributed by atoms with Crippen molar-refractivity contribution in [2.24, 2.45) is 0 Å². The molecule has 0 aliphatic heterocycles. The van der Waals surface area contributed by atoms with Crippen molar-refractivity contribution in [1.29, 1.82) is 0 Å². The SMILES string of the molecule is CCCCCCCCCCCCCCCCOC(=O)NCCCCCCCCCCC(=O)OCCC(F)CCCCCCC. The zero-order chi connectivity index (χ0) is 32.2. The molecule has 5 nitrogen and oxygen atoms in total. The second-order valence-electron chi connectivity index (χ2n) is 13.0. The lowest BCUT2D eigenvalue weighted by Gasteiger charge is -2.09. The standard InChI is InChI=1S/C38H74FNO4/c1-3-5-7-9-10-11-12-13-14-15-18-21-25-29-34-44-38(42)40-33-28-24-20-17-16-19-23-27-31-37(41)43-35-32-36(39)30-26-22-8-6-4-2/h36H,3-35H2,1-2H3,(H,40,42). The molecular formula is C38H74FNO4. The van der Waals surface area contributed by atoms with Crippen molar-refractivity contribution in [3.8, 4) is 0 Å². The van der Waals surface area contributed by atoms with E-state index >= 15 is 0 Å². The number of carbonyl (C=O) groups excluding carboxylic acids is 2. The summed E-state index contributed by atoms with van der Waals surface area (Å²) in [6.07, 6.45) is 33.1. The van der Waals surface area contributed by atoms with Crippen molar-refractivity contribution >= 4 is 12.1 Å². The van der Waals surface area contributed by atoms with Crippen molar-refractivity contribution in [1.82, 2.24) is 5.32 Å². The van der Waals surface area contributed by atoms with Crippen LogP contribution in [-0.2, 0) is 14.3 Å². The Morgan fingerprint density at radius 2 is 0.932 bits per heavy atom. The average Bonchev–Trinajstić information content (AvgIpc) is 3.01. The first-order chi connectivity index (χ1) is 21.6. The Bertz CT molecular complexity index is 603. The van der Waals surface area contributed by atoms with Gasteiger partial charge in [-0.2, -0.15) is 0 Å². The number of alkyl halides is 1. The largest absolute Gasteiger partial charge is 0.466 e. The fourth-order valence-electron chi connectivity index (χ4n) is 5.64. The van der Waals surface area contributed by atoms with Crippen LogP contribution in [-0.4, -0.2) is 38.0 Å². The second kappa shape index (κ2) is 36.1. The summed E-state index contributed by atoms with van der Waals surface area (Å²) in [4.78, 5) is 23.7. The van der Waals surface area contributed by atoms with Gasteiger partial charge in [-0.25, -0.2) is 9.18 Å². The minimum absolute atomic E-state index is 0.189. The van der Waals surface area contributed by atoms with Gasteiger partial charge in [-0.1, -0.05) is 168 Å². The van der Waals surface area contributed by atoms with E-state index < -0.39 is 6.17 Å². The number of alkyl carbamates (subject to hydrolysis) is 1. The Morgan fingerprint density at radius 3 is 1.45 bits per heavy atom. The van der Waals surface area contributed by atoms with Gasteiger partial charge in [0.2, 0.25) is 0 Å². The fraction of sp³-hybridized carbons (Fsp3) is 0.947. The van der Waals surface area contributed by atoms with Crippen LogP contribution in [0.3, 0.4) is 0 Å². The highest BCUT2D eigenvalue weighted by atomic mass is 19.1. The molecule has 262 valence electrons. The molecule has 44 heavy (non-hydrogen) atoms. The van der Waals surface area contributed by atoms with Crippen molar-refractivity contribution < 1.29 is 23.5 Å². The highest BCUT2D eigenvalue weighted by molar-refractivity contribution is 5.69. The highest BCUT2D eigenvalue weighted by Gasteiger charge is 2.09. The molecule has 1 atom stereocenters. The summed E-state index contributed by atoms with van der Waals surface area (Å²) >= 11 is 0. The van der Waals surface area contributed by atoms with E-state index in [0.717, 1.165) is 57.8 Å². The molecule has 0 fully saturated rings. The van der Waals surface area contributed by atoms with E-state index in [4.69, 9.17) is 9.47 Å². The van der Waals surface area contributed by atoms with Crippen LogP contribution >= 0.6 is 0 Å². The molecule has 0 radical (unpaired) electrons. The van der Waals surface area contributed by atoms with Gasteiger partial charge >= 0.3 is 12.1 Å². The topological polar surface area (TPSA) is 64.6 Å². The number of nitrogens with one attached hydrogen (secondary N) is 1. The van der Waals surface area contributed by atoms with Crippen molar-refractivity contribution in [3.63, 3.8) is 0 Å². The number of halogens is 1. The number of hydrogen-bond acceptors (Lipinski definition) is 4. The number of rotatable bonds is 35. The first-order valence-electron chi connectivity index (χ1n) is 19.3. The lowest BCUT2D eigenvalue weighted by molar-refractivity contribution is -0.144. The molecule has 6 heteroatoms. The third kappa shape index (κ3) is 35.2. The summed E-state index contributed by atoms with van der Waals surface area (Å²) in [6, 6.07) is 0. The first kappa shape index (κ1) is 42.7. The van der Waals surface area contributed by atoms with E-state index in [2.05, 4.69) is 19.2 Å². The van der Waals surface area contributed by atoms with Gasteiger partial charge in [-0.3, -0.25) is 4.79 Å². The molecule has 0 aromatic heterocycles. The number of amides is 1. The second-order valence-corrected chi connectivity index (χ2v) is 13.0. The predicted octanol–water partition coefficient (Wildman–Crippen LogP) is 12.3. The number of carbonyl (C=O) groups is 2. The molecule has 0 aliphatic carbocycles. The van der Waals surface area contributed by atoms with E-state index in [1.807, 2.05) is 0 Å². The zero-order valence-electron chi connectivity index (χ0n) is 29.4. The van der Waals surface area contributed by atoms with Gasteiger partial charge in [-0.05, 0) is 25.7 Å². The van der Waals surface area contributed by atoms with Crippen molar-refractivity contribution in [2.45, 2.75) is 213 Å². The normalized spacial score (nSPS) is 11.9.